The van der Waals surface area contributed by atoms with E-state index in [0.717, 1.165) is 12.1 Å². The van der Waals surface area contributed by atoms with Gasteiger partial charge in [-0.05, 0) is 43.7 Å². The van der Waals surface area contributed by atoms with Gasteiger partial charge in [0, 0.05) is 6.20 Å². The first-order valence-electron chi connectivity index (χ1n) is 5.81. The highest BCUT2D eigenvalue weighted by Crippen LogP contribution is 2.24. The number of benzene rings is 1. The number of anilines is 2. The van der Waals surface area contributed by atoms with Crippen LogP contribution in [-0.4, -0.2) is 13.4 Å². The van der Waals surface area contributed by atoms with Crippen molar-refractivity contribution >= 4 is 21.4 Å². The maximum atomic E-state index is 13.3. The Balaban J connectivity index is 2.47. The van der Waals surface area contributed by atoms with Crippen LogP contribution in [0.4, 0.5) is 15.8 Å². The van der Waals surface area contributed by atoms with Gasteiger partial charge in [-0.25, -0.2) is 12.8 Å². The molecule has 7 heteroatoms. The van der Waals surface area contributed by atoms with E-state index < -0.39 is 15.8 Å². The zero-order chi connectivity index (χ0) is 14.9. The predicted octanol–water partition coefficient (Wildman–Crippen LogP) is 2.22. The number of aryl methyl sites for hydroxylation is 2. The summed E-state index contributed by atoms with van der Waals surface area (Å²) in [6, 6.07) is 5.43. The highest BCUT2D eigenvalue weighted by Gasteiger charge is 2.19. The monoisotopic (exact) mass is 295 g/mol. The molecule has 0 saturated heterocycles. The zero-order valence-electron chi connectivity index (χ0n) is 11.0. The molecule has 2 aromatic rings. The van der Waals surface area contributed by atoms with E-state index in [1.54, 1.807) is 25.3 Å². The molecule has 0 saturated carbocycles. The van der Waals surface area contributed by atoms with Gasteiger partial charge in [-0.1, -0.05) is 0 Å². The van der Waals surface area contributed by atoms with Crippen LogP contribution in [-0.2, 0) is 10.0 Å². The average Bonchev–Trinajstić information content (AvgIpc) is 2.36. The van der Waals surface area contributed by atoms with E-state index in [4.69, 9.17) is 5.73 Å². The van der Waals surface area contributed by atoms with Crippen molar-refractivity contribution in [3.05, 3.63) is 47.5 Å². The first kappa shape index (κ1) is 14.3. The van der Waals surface area contributed by atoms with Crippen LogP contribution in [0.2, 0.25) is 0 Å². The van der Waals surface area contributed by atoms with Gasteiger partial charge in [-0.3, -0.25) is 9.71 Å². The van der Waals surface area contributed by atoms with Gasteiger partial charge in [-0.15, -0.1) is 0 Å². The minimum atomic E-state index is -3.84. The van der Waals surface area contributed by atoms with Gasteiger partial charge in [0.15, 0.2) is 0 Å². The summed E-state index contributed by atoms with van der Waals surface area (Å²) in [4.78, 5) is 3.94. The van der Waals surface area contributed by atoms with Gasteiger partial charge < -0.3 is 5.73 Å². The summed E-state index contributed by atoms with van der Waals surface area (Å²) in [5, 5.41) is 0. The molecule has 3 N–H and O–H groups in total. The standard InChI is InChI=1S/C13H14FN3O2S/c1-8-6-10(14)11(15)7-13(8)20(18,19)17-12-4-3-5-16-9(12)2/h3-7,17H,15H2,1-2H3. The number of sulfonamides is 1. The van der Waals surface area contributed by atoms with Crippen LogP contribution >= 0.6 is 0 Å². The summed E-state index contributed by atoms with van der Waals surface area (Å²) in [5.74, 6) is -0.640. The van der Waals surface area contributed by atoms with Gasteiger partial charge >= 0.3 is 0 Å². The third kappa shape index (κ3) is 2.72. The Hall–Kier alpha value is -2.15. The van der Waals surface area contributed by atoms with Gasteiger partial charge in [0.25, 0.3) is 10.0 Å². The molecule has 1 heterocycles. The molecule has 0 aliphatic carbocycles. The fourth-order valence-electron chi connectivity index (χ4n) is 1.75. The summed E-state index contributed by atoms with van der Waals surface area (Å²) >= 11 is 0. The van der Waals surface area contributed by atoms with Crippen LogP contribution in [0.5, 0.6) is 0 Å². The molecule has 0 atom stereocenters. The number of pyridine rings is 1. The van der Waals surface area contributed by atoms with Crippen molar-refractivity contribution in [2.75, 3.05) is 10.5 Å². The molecule has 106 valence electrons. The lowest BCUT2D eigenvalue weighted by Crippen LogP contribution is -2.16. The molecular formula is C13H14FN3O2S. The summed E-state index contributed by atoms with van der Waals surface area (Å²) in [7, 11) is -3.84. The van der Waals surface area contributed by atoms with E-state index in [0.29, 0.717) is 11.4 Å². The van der Waals surface area contributed by atoms with Crippen LogP contribution in [0.25, 0.3) is 0 Å². The summed E-state index contributed by atoms with van der Waals surface area (Å²) in [5.41, 5.74) is 6.42. The number of halogens is 1. The molecule has 5 nitrogen and oxygen atoms in total. The second kappa shape index (κ2) is 5.09. The molecule has 1 aromatic carbocycles. The van der Waals surface area contributed by atoms with Crippen molar-refractivity contribution < 1.29 is 12.8 Å². The van der Waals surface area contributed by atoms with Crippen molar-refractivity contribution in [3.63, 3.8) is 0 Å². The lowest BCUT2D eigenvalue weighted by atomic mass is 10.2. The molecule has 2 rings (SSSR count). The highest BCUT2D eigenvalue weighted by molar-refractivity contribution is 7.92. The number of nitrogen functional groups attached to an aromatic ring is 1. The van der Waals surface area contributed by atoms with Crippen LogP contribution in [0.3, 0.4) is 0 Å². The first-order chi connectivity index (χ1) is 9.31. The van der Waals surface area contributed by atoms with Gasteiger partial charge in [0.05, 0.1) is 22.0 Å². The number of nitrogens with two attached hydrogens (primary N) is 1. The third-order valence-electron chi connectivity index (χ3n) is 2.84. The van der Waals surface area contributed by atoms with Crippen LogP contribution < -0.4 is 10.5 Å². The topological polar surface area (TPSA) is 85.1 Å². The number of hydrogen-bond donors (Lipinski definition) is 2. The molecule has 0 aliphatic heterocycles. The van der Waals surface area contributed by atoms with Crippen LogP contribution in [0.15, 0.2) is 35.4 Å². The molecule has 0 aliphatic rings. The van der Waals surface area contributed by atoms with E-state index in [1.165, 1.54) is 6.92 Å². The lowest BCUT2D eigenvalue weighted by Gasteiger charge is -2.12. The van der Waals surface area contributed by atoms with E-state index in [1.807, 2.05) is 0 Å². The number of aromatic nitrogens is 1. The van der Waals surface area contributed by atoms with E-state index in [2.05, 4.69) is 9.71 Å². The summed E-state index contributed by atoms with van der Waals surface area (Å²) in [6.07, 6.45) is 1.56. The molecule has 0 unspecified atom stereocenters. The van der Waals surface area contributed by atoms with Crippen LogP contribution in [0.1, 0.15) is 11.3 Å². The van der Waals surface area contributed by atoms with Crippen molar-refractivity contribution in [1.29, 1.82) is 0 Å². The Bertz CT molecular complexity index is 760. The quantitative estimate of drug-likeness (QED) is 0.850. The molecular weight excluding hydrogens is 281 g/mol. The van der Waals surface area contributed by atoms with E-state index in [9.17, 15) is 12.8 Å². The maximum Gasteiger partial charge on any atom is 0.262 e. The zero-order valence-corrected chi connectivity index (χ0v) is 11.8. The van der Waals surface area contributed by atoms with E-state index in [-0.39, 0.29) is 16.1 Å². The molecule has 0 radical (unpaired) electrons. The summed E-state index contributed by atoms with van der Waals surface area (Å²) < 4.78 is 40.4. The highest BCUT2D eigenvalue weighted by atomic mass is 32.2. The largest absolute Gasteiger partial charge is 0.396 e. The molecule has 0 spiro atoms. The van der Waals surface area contributed by atoms with Gasteiger partial charge in [-0.2, -0.15) is 0 Å². The second-order valence-corrected chi connectivity index (χ2v) is 6.03. The normalized spacial score (nSPS) is 11.3. The number of nitrogens with one attached hydrogen (secondary N) is 1. The number of nitrogens with zero attached hydrogens (tertiary/aromatic N) is 1. The lowest BCUT2D eigenvalue weighted by molar-refractivity contribution is 0.599. The fraction of sp³-hybridized carbons (Fsp3) is 0.154. The fourth-order valence-corrected chi connectivity index (χ4v) is 3.13. The average molecular weight is 295 g/mol. The minimum absolute atomic E-state index is 0.0559. The maximum absolute atomic E-state index is 13.3. The Labute approximate surface area is 116 Å². The second-order valence-electron chi connectivity index (χ2n) is 4.38. The van der Waals surface area contributed by atoms with Gasteiger partial charge in [0.2, 0.25) is 0 Å². The Kier molecular flexibility index (Phi) is 3.63. The van der Waals surface area contributed by atoms with Crippen molar-refractivity contribution in [1.82, 2.24) is 4.98 Å². The molecule has 0 fully saturated rings. The van der Waals surface area contributed by atoms with Crippen LogP contribution in [0, 0.1) is 19.7 Å². The van der Waals surface area contributed by atoms with Crippen molar-refractivity contribution in [2.45, 2.75) is 18.7 Å². The van der Waals surface area contributed by atoms with Crippen molar-refractivity contribution in [3.8, 4) is 0 Å². The third-order valence-corrected chi connectivity index (χ3v) is 4.34. The van der Waals surface area contributed by atoms with Gasteiger partial charge in [0.1, 0.15) is 5.82 Å². The SMILES string of the molecule is Cc1cc(F)c(N)cc1S(=O)(=O)Nc1cccnc1C. The first-order valence-corrected chi connectivity index (χ1v) is 7.29. The van der Waals surface area contributed by atoms with E-state index >= 15 is 0 Å². The molecule has 20 heavy (non-hydrogen) atoms. The molecule has 0 amide bonds. The number of rotatable bonds is 3. The predicted molar refractivity (Wildman–Crippen MR) is 75.3 cm³/mol. The Morgan fingerprint density at radius 3 is 2.65 bits per heavy atom. The smallest absolute Gasteiger partial charge is 0.262 e. The minimum Gasteiger partial charge on any atom is -0.396 e. The molecule has 1 aromatic heterocycles. The summed E-state index contributed by atoms with van der Waals surface area (Å²) in [6.45, 7) is 3.19. The molecule has 0 bridgehead atoms. The Morgan fingerprint density at radius 2 is 2.00 bits per heavy atom. The number of hydrogen-bond acceptors (Lipinski definition) is 4. The Morgan fingerprint density at radius 1 is 1.30 bits per heavy atom. The van der Waals surface area contributed by atoms with Crippen molar-refractivity contribution in [2.24, 2.45) is 0 Å².